The Morgan fingerprint density at radius 3 is 2.50 bits per heavy atom. The van der Waals surface area contributed by atoms with Gasteiger partial charge in [-0.25, -0.2) is 4.68 Å². The van der Waals surface area contributed by atoms with Crippen molar-refractivity contribution < 1.29 is 0 Å². The lowest BCUT2D eigenvalue weighted by Crippen LogP contribution is -2.05. The van der Waals surface area contributed by atoms with E-state index in [0.717, 1.165) is 22.3 Å². The van der Waals surface area contributed by atoms with Crippen LogP contribution in [0.2, 0.25) is 0 Å². The Hall–Kier alpha value is -2.20. The molecule has 18 heavy (non-hydrogen) atoms. The van der Waals surface area contributed by atoms with Gasteiger partial charge in [0.05, 0.1) is 11.2 Å². The van der Waals surface area contributed by atoms with Crippen LogP contribution in [0.3, 0.4) is 0 Å². The van der Waals surface area contributed by atoms with Crippen LogP contribution in [0.25, 0.3) is 16.7 Å². The SMILES string of the molecule is C[C@@H](N)c1ccc(-n2nnc3ccccc32)cc1. The minimum atomic E-state index is 0.0477. The topological polar surface area (TPSA) is 56.7 Å². The second-order valence-electron chi connectivity index (χ2n) is 4.37. The van der Waals surface area contributed by atoms with E-state index in [1.165, 1.54) is 0 Å². The van der Waals surface area contributed by atoms with Crippen LogP contribution in [0, 0.1) is 0 Å². The average molecular weight is 238 g/mol. The molecule has 0 amide bonds. The summed E-state index contributed by atoms with van der Waals surface area (Å²) in [5, 5.41) is 8.32. The van der Waals surface area contributed by atoms with E-state index in [2.05, 4.69) is 10.3 Å². The third-order valence-electron chi connectivity index (χ3n) is 3.02. The first kappa shape index (κ1) is 10.9. The molecule has 1 aromatic heterocycles. The number of nitrogens with two attached hydrogens (primary N) is 1. The zero-order valence-electron chi connectivity index (χ0n) is 10.1. The van der Waals surface area contributed by atoms with E-state index in [-0.39, 0.29) is 6.04 Å². The Balaban J connectivity index is 2.09. The number of nitrogens with zero attached hydrogens (tertiary/aromatic N) is 3. The highest BCUT2D eigenvalue weighted by molar-refractivity contribution is 5.75. The van der Waals surface area contributed by atoms with E-state index in [4.69, 9.17) is 5.73 Å². The summed E-state index contributed by atoms with van der Waals surface area (Å²) in [5.41, 5.74) is 9.85. The first-order valence-electron chi connectivity index (χ1n) is 5.92. The highest BCUT2D eigenvalue weighted by Gasteiger charge is 2.06. The van der Waals surface area contributed by atoms with Gasteiger partial charge < -0.3 is 5.73 Å². The van der Waals surface area contributed by atoms with Crippen molar-refractivity contribution in [2.24, 2.45) is 5.73 Å². The average Bonchev–Trinajstić information content (AvgIpc) is 2.82. The van der Waals surface area contributed by atoms with E-state index < -0.39 is 0 Å². The zero-order chi connectivity index (χ0) is 12.5. The quantitative estimate of drug-likeness (QED) is 0.746. The molecule has 0 saturated heterocycles. The van der Waals surface area contributed by atoms with Gasteiger partial charge >= 0.3 is 0 Å². The molecule has 0 fully saturated rings. The minimum absolute atomic E-state index is 0.0477. The first-order chi connectivity index (χ1) is 8.75. The maximum absolute atomic E-state index is 5.84. The Morgan fingerprint density at radius 2 is 1.78 bits per heavy atom. The lowest BCUT2D eigenvalue weighted by molar-refractivity contribution is 0.806. The summed E-state index contributed by atoms with van der Waals surface area (Å²) >= 11 is 0. The molecule has 0 bridgehead atoms. The van der Waals surface area contributed by atoms with Crippen LogP contribution in [0.5, 0.6) is 0 Å². The van der Waals surface area contributed by atoms with Crippen molar-refractivity contribution in [2.45, 2.75) is 13.0 Å². The molecule has 0 aliphatic carbocycles. The summed E-state index contributed by atoms with van der Waals surface area (Å²) in [6, 6.07) is 16.0. The number of para-hydroxylation sites is 1. The maximum Gasteiger partial charge on any atom is 0.113 e. The molecule has 1 heterocycles. The first-order valence-corrected chi connectivity index (χ1v) is 5.92. The van der Waals surface area contributed by atoms with E-state index in [0.29, 0.717) is 0 Å². The van der Waals surface area contributed by atoms with E-state index in [1.807, 2.05) is 60.1 Å². The number of hydrogen-bond donors (Lipinski definition) is 1. The highest BCUT2D eigenvalue weighted by Crippen LogP contribution is 2.17. The van der Waals surface area contributed by atoms with Gasteiger partial charge in [-0.1, -0.05) is 29.5 Å². The monoisotopic (exact) mass is 238 g/mol. The van der Waals surface area contributed by atoms with Gasteiger partial charge in [-0.05, 0) is 36.8 Å². The lowest BCUT2D eigenvalue weighted by atomic mass is 10.1. The minimum Gasteiger partial charge on any atom is -0.324 e. The molecular weight excluding hydrogens is 224 g/mol. The van der Waals surface area contributed by atoms with Crippen LogP contribution < -0.4 is 5.73 Å². The van der Waals surface area contributed by atoms with E-state index in [1.54, 1.807) is 0 Å². The molecule has 3 aromatic rings. The second-order valence-corrected chi connectivity index (χ2v) is 4.37. The Bertz CT molecular complexity index is 668. The van der Waals surface area contributed by atoms with Gasteiger partial charge in [0, 0.05) is 6.04 Å². The van der Waals surface area contributed by atoms with Crippen molar-refractivity contribution in [1.82, 2.24) is 15.0 Å². The summed E-state index contributed by atoms with van der Waals surface area (Å²) in [6.45, 7) is 1.97. The number of aromatic nitrogens is 3. The highest BCUT2D eigenvalue weighted by atomic mass is 15.4. The van der Waals surface area contributed by atoms with E-state index in [9.17, 15) is 0 Å². The number of hydrogen-bond acceptors (Lipinski definition) is 3. The smallest absolute Gasteiger partial charge is 0.113 e. The predicted molar refractivity (Wildman–Crippen MR) is 71.5 cm³/mol. The Labute approximate surface area is 105 Å². The molecule has 3 rings (SSSR count). The molecule has 90 valence electrons. The van der Waals surface area contributed by atoms with Gasteiger partial charge in [-0.3, -0.25) is 0 Å². The molecule has 0 aliphatic heterocycles. The molecule has 4 nitrogen and oxygen atoms in total. The summed E-state index contributed by atoms with van der Waals surface area (Å²) in [6.07, 6.45) is 0. The third kappa shape index (κ3) is 1.76. The summed E-state index contributed by atoms with van der Waals surface area (Å²) in [5.74, 6) is 0. The van der Waals surface area contributed by atoms with Crippen LogP contribution in [-0.4, -0.2) is 15.0 Å². The van der Waals surface area contributed by atoms with Crippen molar-refractivity contribution >= 4 is 11.0 Å². The van der Waals surface area contributed by atoms with Crippen LogP contribution in [0.4, 0.5) is 0 Å². The number of fused-ring (bicyclic) bond motifs is 1. The molecule has 0 radical (unpaired) electrons. The normalized spacial score (nSPS) is 12.8. The Morgan fingerprint density at radius 1 is 1.06 bits per heavy atom. The number of benzene rings is 2. The van der Waals surface area contributed by atoms with Crippen LogP contribution in [0.1, 0.15) is 18.5 Å². The van der Waals surface area contributed by atoms with Crippen LogP contribution in [0.15, 0.2) is 48.5 Å². The van der Waals surface area contributed by atoms with Crippen molar-refractivity contribution in [1.29, 1.82) is 0 Å². The van der Waals surface area contributed by atoms with Crippen LogP contribution >= 0.6 is 0 Å². The fraction of sp³-hybridized carbons (Fsp3) is 0.143. The van der Waals surface area contributed by atoms with E-state index >= 15 is 0 Å². The standard InChI is InChI=1S/C14H14N4/c1-10(15)11-6-8-12(9-7-11)18-14-5-3-2-4-13(14)16-17-18/h2-10H,15H2,1H3/t10-/m1/s1. The van der Waals surface area contributed by atoms with Gasteiger partial charge in [-0.15, -0.1) is 5.10 Å². The largest absolute Gasteiger partial charge is 0.324 e. The molecule has 0 saturated carbocycles. The fourth-order valence-corrected chi connectivity index (χ4v) is 1.98. The third-order valence-corrected chi connectivity index (χ3v) is 3.02. The second kappa shape index (κ2) is 4.23. The van der Waals surface area contributed by atoms with Gasteiger partial charge in [0.15, 0.2) is 0 Å². The molecule has 0 aliphatic rings. The van der Waals surface area contributed by atoms with Crippen molar-refractivity contribution in [3.05, 3.63) is 54.1 Å². The maximum atomic E-state index is 5.84. The molecule has 2 aromatic carbocycles. The molecule has 2 N–H and O–H groups in total. The molecule has 4 heteroatoms. The van der Waals surface area contributed by atoms with Crippen molar-refractivity contribution in [3.8, 4) is 5.69 Å². The van der Waals surface area contributed by atoms with Gasteiger partial charge in [0.25, 0.3) is 0 Å². The Kier molecular flexibility index (Phi) is 2.57. The lowest BCUT2D eigenvalue weighted by Gasteiger charge is -2.07. The summed E-state index contributed by atoms with van der Waals surface area (Å²) in [4.78, 5) is 0. The van der Waals surface area contributed by atoms with Gasteiger partial charge in [0.1, 0.15) is 5.52 Å². The van der Waals surface area contributed by atoms with Crippen molar-refractivity contribution in [3.63, 3.8) is 0 Å². The van der Waals surface area contributed by atoms with Gasteiger partial charge in [-0.2, -0.15) is 0 Å². The molecule has 1 atom stereocenters. The molecule has 0 spiro atoms. The van der Waals surface area contributed by atoms with Gasteiger partial charge in [0.2, 0.25) is 0 Å². The fourth-order valence-electron chi connectivity index (χ4n) is 1.98. The molecular formula is C14H14N4. The van der Waals surface area contributed by atoms with Crippen molar-refractivity contribution in [2.75, 3.05) is 0 Å². The predicted octanol–water partition coefficient (Wildman–Crippen LogP) is 2.44. The number of rotatable bonds is 2. The summed E-state index contributed by atoms with van der Waals surface area (Å²) < 4.78 is 1.83. The van der Waals surface area contributed by atoms with Crippen LogP contribution in [-0.2, 0) is 0 Å². The summed E-state index contributed by atoms with van der Waals surface area (Å²) in [7, 11) is 0. The molecule has 0 unspecified atom stereocenters. The zero-order valence-corrected chi connectivity index (χ0v) is 10.1.